The second-order valence-electron chi connectivity index (χ2n) is 4.12. The number of hydrogen-bond donors (Lipinski definition) is 1. The molecule has 0 aliphatic carbocycles. The molecule has 2 rings (SSSR count). The average molecular weight is 177 g/mol. The Labute approximate surface area is 78.6 Å². The van der Waals surface area contributed by atoms with Crippen LogP contribution in [0.4, 0.5) is 0 Å². The largest absolute Gasteiger partial charge is 0.323 e. The van der Waals surface area contributed by atoms with Gasteiger partial charge in [-0.25, -0.2) is 0 Å². The number of nitrogens with two attached hydrogens (primary N) is 1. The van der Waals surface area contributed by atoms with E-state index in [1.807, 2.05) is 24.4 Å². The summed E-state index contributed by atoms with van der Waals surface area (Å²) < 4.78 is 0. The summed E-state index contributed by atoms with van der Waals surface area (Å²) >= 11 is 0. The summed E-state index contributed by atoms with van der Waals surface area (Å²) in [5.41, 5.74) is 7.05. The zero-order chi connectivity index (χ0) is 9.31. The first-order valence-electron chi connectivity index (χ1n) is 4.57. The fourth-order valence-electron chi connectivity index (χ4n) is 1.81. The SMILES string of the molecule is CC1(N)CN(Cc2ccccn2)C1. The van der Waals surface area contributed by atoms with Crippen LogP contribution in [0.5, 0.6) is 0 Å². The van der Waals surface area contributed by atoms with E-state index in [0.29, 0.717) is 0 Å². The second-order valence-corrected chi connectivity index (χ2v) is 4.12. The van der Waals surface area contributed by atoms with E-state index in [0.717, 1.165) is 25.3 Å². The number of nitrogens with zero attached hydrogens (tertiary/aromatic N) is 2. The molecule has 1 fully saturated rings. The summed E-state index contributed by atoms with van der Waals surface area (Å²) in [6.07, 6.45) is 1.83. The number of pyridine rings is 1. The van der Waals surface area contributed by atoms with E-state index < -0.39 is 0 Å². The molecule has 0 amide bonds. The van der Waals surface area contributed by atoms with Gasteiger partial charge in [0.05, 0.1) is 5.69 Å². The second kappa shape index (κ2) is 3.09. The van der Waals surface area contributed by atoms with Crippen LogP contribution in [0.1, 0.15) is 12.6 Å². The van der Waals surface area contributed by atoms with Crippen molar-refractivity contribution >= 4 is 0 Å². The van der Waals surface area contributed by atoms with Gasteiger partial charge in [0.25, 0.3) is 0 Å². The molecule has 0 radical (unpaired) electrons. The summed E-state index contributed by atoms with van der Waals surface area (Å²) in [4.78, 5) is 6.57. The van der Waals surface area contributed by atoms with Crippen LogP contribution < -0.4 is 5.73 Å². The van der Waals surface area contributed by atoms with Gasteiger partial charge in [-0.3, -0.25) is 9.88 Å². The molecule has 1 aliphatic heterocycles. The molecule has 1 saturated heterocycles. The van der Waals surface area contributed by atoms with E-state index in [4.69, 9.17) is 5.73 Å². The molecule has 0 saturated carbocycles. The normalized spacial score (nSPS) is 21.1. The van der Waals surface area contributed by atoms with Crippen LogP contribution in [0.15, 0.2) is 24.4 Å². The molecule has 2 N–H and O–H groups in total. The number of likely N-dealkylation sites (tertiary alicyclic amines) is 1. The quantitative estimate of drug-likeness (QED) is 0.720. The molecule has 1 aromatic rings. The molecule has 0 unspecified atom stereocenters. The van der Waals surface area contributed by atoms with Crippen molar-refractivity contribution in [3.05, 3.63) is 30.1 Å². The highest BCUT2D eigenvalue weighted by Gasteiger charge is 2.34. The van der Waals surface area contributed by atoms with Crippen molar-refractivity contribution in [1.29, 1.82) is 0 Å². The minimum Gasteiger partial charge on any atom is -0.323 e. The van der Waals surface area contributed by atoms with Crippen molar-refractivity contribution in [3.63, 3.8) is 0 Å². The lowest BCUT2D eigenvalue weighted by Crippen LogP contribution is -2.64. The third-order valence-corrected chi connectivity index (χ3v) is 2.28. The third-order valence-electron chi connectivity index (χ3n) is 2.28. The number of rotatable bonds is 2. The predicted molar refractivity (Wildman–Crippen MR) is 52.1 cm³/mol. The van der Waals surface area contributed by atoms with Crippen LogP contribution in [0.25, 0.3) is 0 Å². The minimum atomic E-state index is 0.0226. The standard InChI is InChI=1S/C10H15N3/c1-10(11)7-13(8-10)6-9-4-2-3-5-12-9/h2-5H,6-8,11H2,1H3. The van der Waals surface area contributed by atoms with Gasteiger partial charge >= 0.3 is 0 Å². The molecule has 0 spiro atoms. The molecule has 0 aromatic carbocycles. The van der Waals surface area contributed by atoms with Crippen molar-refractivity contribution in [2.45, 2.75) is 19.0 Å². The molecule has 3 nitrogen and oxygen atoms in total. The topological polar surface area (TPSA) is 42.1 Å². The van der Waals surface area contributed by atoms with Gasteiger partial charge < -0.3 is 5.73 Å². The molecular formula is C10H15N3. The van der Waals surface area contributed by atoms with E-state index >= 15 is 0 Å². The molecule has 3 heteroatoms. The maximum Gasteiger partial charge on any atom is 0.0543 e. The molecule has 0 bridgehead atoms. The Morgan fingerprint density at radius 2 is 2.31 bits per heavy atom. The fourth-order valence-corrected chi connectivity index (χ4v) is 1.81. The van der Waals surface area contributed by atoms with Crippen LogP contribution >= 0.6 is 0 Å². The minimum absolute atomic E-state index is 0.0226. The van der Waals surface area contributed by atoms with Gasteiger partial charge in [-0.05, 0) is 19.1 Å². The Morgan fingerprint density at radius 1 is 1.54 bits per heavy atom. The van der Waals surface area contributed by atoms with E-state index in [-0.39, 0.29) is 5.54 Å². The first-order chi connectivity index (χ1) is 6.16. The van der Waals surface area contributed by atoms with Crippen molar-refractivity contribution in [2.24, 2.45) is 5.73 Å². The molecule has 13 heavy (non-hydrogen) atoms. The van der Waals surface area contributed by atoms with Crippen molar-refractivity contribution in [2.75, 3.05) is 13.1 Å². The van der Waals surface area contributed by atoms with E-state index in [9.17, 15) is 0 Å². The summed E-state index contributed by atoms with van der Waals surface area (Å²) in [7, 11) is 0. The van der Waals surface area contributed by atoms with Crippen molar-refractivity contribution in [1.82, 2.24) is 9.88 Å². The average Bonchev–Trinajstić information content (AvgIpc) is 2.03. The highest BCUT2D eigenvalue weighted by molar-refractivity contribution is 5.06. The van der Waals surface area contributed by atoms with Crippen LogP contribution in [-0.4, -0.2) is 28.5 Å². The van der Waals surface area contributed by atoms with E-state index in [2.05, 4.69) is 16.8 Å². The van der Waals surface area contributed by atoms with Crippen molar-refractivity contribution in [3.8, 4) is 0 Å². The van der Waals surface area contributed by atoms with Crippen LogP contribution in [0.2, 0.25) is 0 Å². The molecule has 1 aliphatic rings. The van der Waals surface area contributed by atoms with Crippen molar-refractivity contribution < 1.29 is 0 Å². The van der Waals surface area contributed by atoms with Gasteiger partial charge in [0.1, 0.15) is 0 Å². The Bertz CT molecular complexity index is 273. The highest BCUT2D eigenvalue weighted by Crippen LogP contribution is 2.18. The Kier molecular flexibility index (Phi) is 2.06. The summed E-state index contributed by atoms with van der Waals surface area (Å²) in [5, 5.41) is 0. The molecule has 0 atom stereocenters. The highest BCUT2D eigenvalue weighted by atomic mass is 15.2. The van der Waals surface area contributed by atoms with Gasteiger partial charge in [0.15, 0.2) is 0 Å². The summed E-state index contributed by atoms with van der Waals surface area (Å²) in [5.74, 6) is 0. The fraction of sp³-hybridized carbons (Fsp3) is 0.500. The van der Waals surface area contributed by atoms with Crippen LogP contribution in [-0.2, 0) is 6.54 Å². The lowest BCUT2D eigenvalue weighted by atomic mass is 9.94. The van der Waals surface area contributed by atoms with Gasteiger partial charge in [-0.15, -0.1) is 0 Å². The smallest absolute Gasteiger partial charge is 0.0543 e. The lowest BCUT2D eigenvalue weighted by Gasteiger charge is -2.45. The number of hydrogen-bond acceptors (Lipinski definition) is 3. The molecule has 1 aromatic heterocycles. The Hall–Kier alpha value is -0.930. The lowest BCUT2D eigenvalue weighted by molar-refractivity contribution is 0.0751. The summed E-state index contributed by atoms with van der Waals surface area (Å²) in [6.45, 7) is 4.96. The predicted octanol–water partition coefficient (Wildman–Crippen LogP) is 0.615. The number of aromatic nitrogens is 1. The first-order valence-corrected chi connectivity index (χ1v) is 4.57. The zero-order valence-corrected chi connectivity index (χ0v) is 7.90. The van der Waals surface area contributed by atoms with Crippen LogP contribution in [0.3, 0.4) is 0 Å². The monoisotopic (exact) mass is 177 g/mol. The van der Waals surface area contributed by atoms with Gasteiger partial charge in [-0.1, -0.05) is 6.07 Å². The Morgan fingerprint density at radius 3 is 2.85 bits per heavy atom. The molecule has 2 heterocycles. The first kappa shape index (κ1) is 8.66. The molecular weight excluding hydrogens is 162 g/mol. The van der Waals surface area contributed by atoms with Gasteiger partial charge in [0.2, 0.25) is 0 Å². The Balaban J connectivity index is 1.88. The molecule has 70 valence electrons. The maximum absolute atomic E-state index is 5.90. The van der Waals surface area contributed by atoms with E-state index in [1.54, 1.807) is 0 Å². The summed E-state index contributed by atoms with van der Waals surface area (Å²) in [6, 6.07) is 6.00. The van der Waals surface area contributed by atoms with Gasteiger partial charge in [0, 0.05) is 31.4 Å². The van der Waals surface area contributed by atoms with Crippen LogP contribution in [0, 0.1) is 0 Å². The zero-order valence-electron chi connectivity index (χ0n) is 7.90. The third kappa shape index (κ3) is 2.05. The maximum atomic E-state index is 5.90. The van der Waals surface area contributed by atoms with Gasteiger partial charge in [-0.2, -0.15) is 0 Å². The van der Waals surface area contributed by atoms with E-state index in [1.165, 1.54) is 0 Å².